The predicted octanol–water partition coefficient (Wildman–Crippen LogP) is 2.41. The highest BCUT2D eigenvalue weighted by molar-refractivity contribution is 5.85. The van der Waals surface area contributed by atoms with Gasteiger partial charge >= 0.3 is 5.97 Å². The first-order valence-corrected chi connectivity index (χ1v) is 6.12. The molecule has 1 fully saturated rings. The molecule has 0 amide bonds. The number of aromatic nitrogens is 1. The van der Waals surface area contributed by atoms with E-state index in [0.717, 1.165) is 25.3 Å². The lowest BCUT2D eigenvalue weighted by Crippen LogP contribution is -2.28. The van der Waals surface area contributed by atoms with Gasteiger partial charge in [0.25, 0.3) is 0 Å². The van der Waals surface area contributed by atoms with Crippen LogP contribution in [0.5, 0.6) is 0 Å². The quantitative estimate of drug-likeness (QED) is 0.853. The molecule has 1 atom stereocenters. The van der Waals surface area contributed by atoms with Gasteiger partial charge in [0.15, 0.2) is 5.69 Å². The van der Waals surface area contributed by atoms with Crippen molar-refractivity contribution in [2.75, 3.05) is 18.0 Å². The zero-order valence-electron chi connectivity index (χ0n) is 10.1. The molecule has 0 bridgehead atoms. The summed E-state index contributed by atoms with van der Waals surface area (Å²) >= 11 is 0. The van der Waals surface area contributed by atoms with Crippen molar-refractivity contribution >= 4 is 11.8 Å². The molecule has 92 valence electrons. The number of hydrogen-bond donors (Lipinski definition) is 1. The molecule has 4 heteroatoms. The van der Waals surface area contributed by atoms with Gasteiger partial charge in [-0.05, 0) is 30.9 Å². The lowest BCUT2D eigenvalue weighted by atomic mass is 10.1. The number of carbonyl (C=O) groups is 1. The molecular formula is C13H18N2O2. The number of carboxylic acid groups (broad SMARTS) is 1. The summed E-state index contributed by atoms with van der Waals surface area (Å²) in [7, 11) is 0. The second-order valence-electron chi connectivity index (χ2n) is 4.73. The zero-order valence-corrected chi connectivity index (χ0v) is 10.1. The molecule has 2 rings (SSSR count). The third-order valence-electron chi connectivity index (χ3n) is 3.18. The minimum atomic E-state index is -0.963. The zero-order chi connectivity index (χ0) is 12.3. The maximum Gasteiger partial charge on any atom is 0.354 e. The molecule has 2 heterocycles. The number of aromatic carboxylic acids is 1. The van der Waals surface area contributed by atoms with Crippen LogP contribution < -0.4 is 4.90 Å². The second kappa shape index (κ2) is 5.17. The Hall–Kier alpha value is -1.58. The largest absolute Gasteiger partial charge is 0.477 e. The number of carboxylic acids is 1. The first kappa shape index (κ1) is 11.9. The van der Waals surface area contributed by atoms with Gasteiger partial charge in [-0.3, -0.25) is 0 Å². The molecule has 1 unspecified atom stereocenters. The van der Waals surface area contributed by atoms with Crippen molar-refractivity contribution in [3.05, 3.63) is 23.9 Å². The van der Waals surface area contributed by atoms with Gasteiger partial charge in [0.05, 0.1) is 0 Å². The number of anilines is 1. The molecule has 17 heavy (non-hydrogen) atoms. The average molecular weight is 234 g/mol. The Bertz CT molecular complexity index is 406. The minimum absolute atomic E-state index is 0.124. The highest BCUT2D eigenvalue weighted by Crippen LogP contribution is 2.20. The number of nitrogens with zero attached hydrogens (tertiary/aromatic N) is 2. The third kappa shape index (κ3) is 2.96. The van der Waals surface area contributed by atoms with Crippen molar-refractivity contribution in [2.45, 2.75) is 26.2 Å². The van der Waals surface area contributed by atoms with Crippen LogP contribution in [0.3, 0.4) is 0 Å². The smallest absolute Gasteiger partial charge is 0.354 e. The molecule has 1 aliphatic rings. The van der Waals surface area contributed by atoms with Gasteiger partial charge in [0.1, 0.15) is 5.82 Å². The summed E-state index contributed by atoms with van der Waals surface area (Å²) in [6.07, 6.45) is 3.65. The monoisotopic (exact) mass is 234 g/mol. The van der Waals surface area contributed by atoms with Gasteiger partial charge in [-0.15, -0.1) is 0 Å². The summed E-state index contributed by atoms with van der Waals surface area (Å²) in [5.41, 5.74) is 0.124. The first-order valence-electron chi connectivity index (χ1n) is 6.12. The van der Waals surface area contributed by atoms with Gasteiger partial charge in [0, 0.05) is 13.1 Å². The molecule has 4 nitrogen and oxygen atoms in total. The molecule has 1 N–H and O–H groups in total. The van der Waals surface area contributed by atoms with Crippen LogP contribution in [0.2, 0.25) is 0 Å². The Morgan fingerprint density at radius 3 is 3.06 bits per heavy atom. The molecule has 0 saturated carbocycles. The summed E-state index contributed by atoms with van der Waals surface area (Å²) < 4.78 is 0. The van der Waals surface area contributed by atoms with Crippen LogP contribution in [0.25, 0.3) is 0 Å². The molecule has 1 aromatic heterocycles. The minimum Gasteiger partial charge on any atom is -0.477 e. The fraction of sp³-hybridized carbons (Fsp3) is 0.538. The third-order valence-corrected chi connectivity index (χ3v) is 3.18. The van der Waals surface area contributed by atoms with Crippen molar-refractivity contribution in [3.8, 4) is 0 Å². The van der Waals surface area contributed by atoms with Crippen LogP contribution in [0.15, 0.2) is 18.2 Å². The van der Waals surface area contributed by atoms with E-state index in [1.165, 1.54) is 18.9 Å². The highest BCUT2D eigenvalue weighted by Gasteiger charge is 2.16. The van der Waals surface area contributed by atoms with E-state index in [2.05, 4.69) is 16.8 Å². The normalized spacial score (nSPS) is 21.0. The molecule has 0 spiro atoms. The average Bonchev–Trinajstić information content (AvgIpc) is 2.54. The van der Waals surface area contributed by atoms with Gasteiger partial charge in [-0.1, -0.05) is 19.4 Å². The van der Waals surface area contributed by atoms with E-state index in [0.29, 0.717) is 5.92 Å². The summed E-state index contributed by atoms with van der Waals surface area (Å²) in [6.45, 7) is 4.18. The van der Waals surface area contributed by atoms with E-state index in [9.17, 15) is 4.79 Å². The van der Waals surface area contributed by atoms with Crippen molar-refractivity contribution in [2.24, 2.45) is 5.92 Å². The Labute approximate surface area is 101 Å². The lowest BCUT2D eigenvalue weighted by Gasteiger charge is -2.23. The van der Waals surface area contributed by atoms with Gasteiger partial charge < -0.3 is 10.0 Å². The van der Waals surface area contributed by atoms with Gasteiger partial charge in [-0.25, -0.2) is 9.78 Å². The van der Waals surface area contributed by atoms with Crippen LogP contribution in [-0.2, 0) is 0 Å². The lowest BCUT2D eigenvalue weighted by molar-refractivity contribution is 0.0690. The second-order valence-corrected chi connectivity index (χ2v) is 4.73. The number of hydrogen-bond acceptors (Lipinski definition) is 3. The molecule has 0 aromatic carbocycles. The van der Waals surface area contributed by atoms with Crippen LogP contribution >= 0.6 is 0 Å². The molecule has 1 saturated heterocycles. The van der Waals surface area contributed by atoms with Crippen LogP contribution in [0.1, 0.15) is 36.7 Å². The standard InChI is InChI=1S/C13H18N2O2/c1-10-5-2-3-8-15(9-10)12-7-4-6-11(14-12)13(16)17/h4,6-7,10H,2-3,5,8-9H2,1H3,(H,16,17). The highest BCUT2D eigenvalue weighted by atomic mass is 16.4. The van der Waals surface area contributed by atoms with Gasteiger partial charge in [-0.2, -0.15) is 0 Å². The van der Waals surface area contributed by atoms with Crippen molar-refractivity contribution in [1.29, 1.82) is 0 Å². The molecule has 0 radical (unpaired) electrons. The summed E-state index contributed by atoms with van der Waals surface area (Å²) in [5.74, 6) is 0.473. The summed E-state index contributed by atoms with van der Waals surface area (Å²) in [4.78, 5) is 17.3. The fourth-order valence-electron chi connectivity index (χ4n) is 2.28. The Morgan fingerprint density at radius 1 is 1.47 bits per heavy atom. The van der Waals surface area contributed by atoms with E-state index in [1.807, 2.05) is 6.07 Å². The predicted molar refractivity (Wildman–Crippen MR) is 66.4 cm³/mol. The molecule has 0 aliphatic carbocycles. The van der Waals surface area contributed by atoms with E-state index >= 15 is 0 Å². The first-order chi connectivity index (χ1) is 8.16. The van der Waals surface area contributed by atoms with E-state index in [1.54, 1.807) is 6.07 Å². The number of rotatable bonds is 2. The van der Waals surface area contributed by atoms with Crippen LogP contribution in [-0.4, -0.2) is 29.1 Å². The summed E-state index contributed by atoms with van der Waals surface area (Å²) in [6, 6.07) is 5.19. The Balaban J connectivity index is 2.20. The SMILES string of the molecule is CC1CCCCN(c2cccc(C(=O)O)n2)C1. The Morgan fingerprint density at radius 2 is 2.29 bits per heavy atom. The van der Waals surface area contributed by atoms with E-state index in [4.69, 9.17) is 5.11 Å². The topological polar surface area (TPSA) is 53.4 Å². The number of pyridine rings is 1. The molecule has 1 aromatic rings. The maximum atomic E-state index is 10.9. The summed E-state index contributed by atoms with van der Waals surface area (Å²) in [5, 5.41) is 8.93. The van der Waals surface area contributed by atoms with Crippen molar-refractivity contribution in [1.82, 2.24) is 4.98 Å². The van der Waals surface area contributed by atoms with Crippen LogP contribution in [0, 0.1) is 5.92 Å². The Kier molecular flexibility index (Phi) is 3.61. The van der Waals surface area contributed by atoms with Crippen molar-refractivity contribution < 1.29 is 9.90 Å². The van der Waals surface area contributed by atoms with E-state index in [-0.39, 0.29) is 5.69 Å². The van der Waals surface area contributed by atoms with Gasteiger partial charge in [0.2, 0.25) is 0 Å². The fourth-order valence-corrected chi connectivity index (χ4v) is 2.28. The van der Waals surface area contributed by atoms with Crippen LogP contribution in [0.4, 0.5) is 5.82 Å². The van der Waals surface area contributed by atoms with E-state index < -0.39 is 5.97 Å². The van der Waals surface area contributed by atoms with Crippen molar-refractivity contribution in [3.63, 3.8) is 0 Å². The molecule has 1 aliphatic heterocycles. The molecular weight excluding hydrogens is 216 g/mol. The maximum absolute atomic E-state index is 10.9.